The van der Waals surface area contributed by atoms with E-state index in [0.29, 0.717) is 25.3 Å². The van der Waals surface area contributed by atoms with E-state index in [1.54, 1.807) is 22.7 Å². The lowest BCUT2D eigenvalue weighted by Crippen LogP contribution is -2.69. The van der Waals surface area contributed by atoms with Gasteiger partial charge in [0.2, 0.25) is 5.91 Å². The maximum absolute atomic E-state index is 14.1. The highest BCUT2D eigenvalue weighted by Crippen LogP contribution is 2.42. The summed E-state index contributed by atoms with van der Waals surface area (Å²) in [5.41, 5.74) is 3.80. The first-order chi connectivity index (χ1) is 20.6. The van der Waals surface area contributed by atoms with Crippen molar-refractivity contribution in [3.8, 4) is 11.8 Å². The minimum absolute atomic E-state index is 0.128. The fourth-order valence-electron chi connectivity index (χ4n) is 5.43. The zero-order chi connectivity index (χ0) is 28.9. The molecule has 2 saturated heterocycles. The van der Waals surface area contributed by atoms with E-state index >= 15 is 0 Å². The molecule has 0 aromatic heterocycles. The van der Waals surface area contributed by atoms with Crippen molar-refractivity contribution in [3.63, 3.8) is 0 Å². The van der Waals surface area contributed by atoms with Crippen molar-refractivity contribution in [1.82, 2.24) is 10.2 Å². The van der Waals surface area contributed by atoms with Crippen LogP contribution in [-0.2, 0) is 25.6 Å². The van der Waals surface area contributed by atoms with E-state index in [9.17, 15) is 9.59 Å². The number of esters is 1. The van der Waals surface area contributed by atoms with Crippen molar-refractivity contribution in [3.05, 3.63) is 119 Å². The fourth-order valence-corrected chi connectivity index (χ4v) is 7.02. The normalized spacial score (nSPS) is 25.7. The Labute approximate surface area is 255 Å². The summed E-state index contributed by atoms with van der Waals surface area (Å²) in [6.07, 6.45) is 9.70. The molecule has 1 aliphatic carbocycles. The summed E-state index contributed by atoms with van der Waals surface area (Å²) in [7, 11) is 0. The van der Waals surface area contributed by atoms with Gasteiger partial charge >= 0.3 is 5.97 Å². The van der Waals surface area contributed by atoms with Crippen LogP contribution in [0.2, 0.25) is 0 Å². The number of carbonyl (C=O) groups is 2. The number of allylic oxidation sites excluding steroid dienone is 4. The van der Waals surface area contributed by atoms with Crippen molar-refractivity contribution >= 4 is 35.2 Å². The third-order valence-corrected chi connectivity index (χ3v) is 9.42. The van der Waals surface area contributed by atoms with Gasteiger partial charge in [-0.2, -0.15) is 0 Å². The lowest BCUT2D eigenvalue weighted by molar-refractivity contribution is -0.154. The van der Waals surface area contributed by atoms with Gasteiger partial charge in [0.05, 0.1) is 11.5 Å². The molecule has 0 saturated carbocycles. The molecule has 0 radical (unpaired) electrons. The van der Waals surface area contributed by atoms with Crippen LogP contribution >= 0.6 is 23.4 Å². The standard InChI is InChI=1S/C34H31ClN2O4S/c35-27-19-20-40-28(27)18-17-26-22-42-33-29(36-21-23-11-5-3-6-12-23)32(38)37(33)30(26)34(39)41-31(25-15-9-4-10-16-25)24-13-7-1-2-8-14-24/h1,3-7,9-13,15-18,27-29,31,33,36H,14,19-22H2/b18-17+/t27?,28-,29?,31?,33?/m1/s1. The summed E-state index contributed by atoms with van der Waals surface area (Å²) in [6.45, 7) is 1.16. The number of hydrogen-bond donors (Lipinski definition) is 1. The van der Waals surface area contributed by atoms with E-state index in [0.717, 1.165) is 28.7 Å². The largest absolute Gasteiger partial charge is 0.448 e. The molecule has 4 unspecified atom stereocenters. The molecule has 6 rings (SSSR count). The van der Waals surface area contributed by atoms with Crippen LogP contribution in [0, 0.1) is 11.8 Å². The van der Waals surface area contributed by atoms with Gasteiger partial charge in [0.1, 0.15) is 23.2 Å². The van der Waals surface area contributed by atoms with E-state index in [4.69, 9.17) is 21.1 Å². The molecule has 8 heteroatoms. The summed E-state index contributed by atoms with van der Waals surface area (Å²) in [5, 5.41) is 3.05. The van der Waals surface area contributed by atoms with Crippen LogP contribution in [0.1, 0.15) is 30.1 Å². The van der Waals surface area contributed by atoms with Crippen molar-refractivity contribution in [2.75, 3.05) is 12.4 Å². The second-order valence-corrected chi connectivity index (χ2v) is 12.1. The van der Waals surface area contributed by atoms with Crippen LogP contribution in [0.3, 0.4) is 0 Å². The molecule has 214 valence electrons. The van der Waals surface area contributed by atoms with E-state index in [2.05, 4.69) is 17.2 Å². The van der Waals surface area contributed by atoms with Crippen LogP contribution in [0.25, 0.3) is 0 Å². The Morgan fingerprint density at radius 3 is 2.74 bits per heavy atom. The SMILES string of the molecule is O=C(OC(C1=CC=CC#CC1)c1ccccc1)C1=C(/C=C/[C@H]2OCCC2Cl)CSC2C(NCc3ccccc3)C(=O)N12. The molecule has 0 spiro atoms. The third kappa shape index (κ3) is 6.13. The maximum atomic E-state index is 14.1. The van der Waals surface area contributed by atoms with Gasteiger partial charge in [-0.25, -0.2) is 4.79 Å². The minimum atomic E-state index is -0.643. The van der Waals surface area contributed by atoms with Gasteiger partial charge in [-0.05, 0) is 34.8 Å². The molecule has 4 aliphatic rings. The first kappa shape index (κ1) is 28.6. The molecule has 0 bridgehead atoms. The first-order valence-corrected chi connectivity index (χ1v) is 15.6. The highest BCUT2D eigenvalue weighted by Gasteiger charge is 2.53. The van der Waals surface area contributed by atoms with Crippen LogP contribution in [0.5, 0.6) is 0 Å². The Kier molecular flexibility index (Phi) is 8.97. The number of ether oxygens (including phenoxy) is 2. The van der Waals surface area contributed by atoms with E-state index in [1.165, 1.54) is 0 Å². The molecular formula is C34H31ClN2O4S. The Hall–Kier alpha value is -3.54. The number of benzene rings is 2. The Morgan fingerprint density at radius 2 is 1.98 bits per heavy atom. The number of carbonyl (C=O) groups excluding carboxylic acids is 2. The number of nitrogens with zero attached hydrogens (tertiary/aromatic N) is 1. The molecule has 5 atom stereocenters. The monoisotopic (exact) mass is 598 g/mol. The van der Waals surface area contributed by atoms with E-state index in [1.807, 2.05) is 85.0 Å². The van der Waals surface area contributed by atoms with Crippen molar-refractivity contribution in [2.24, 2.45) is 0 Å². The summed E-state index contributed by atoms with van der Waals surface area (Å²) in [6, 6.07) is 19.2. The molecule has 2 aromatic rings. The second-order valence-electron chi connectivity index (χ2n) is 10.4. The molecule has 3 aliphatic heterocycles. The summed E-state index contributed by atoms with van der Waals surface area (Å²) >= 11 is 8.07. The quantitative estimate of drug-likeness (QED) is 0.179. The van der Waals surface area contributed by atoms with Crippen LogP contribution in [0.4, 0.5) is 0 Å². The topological polar surface area (TPSA) is 67.9 Å². The lowest BCUT2D eigenvalue weighted by atomic mass is 9.98. The molecule has 6 nitrogen and oxygen atoms in total. The number of fused-ring (bicyclic) bond motifs is 1. The minimum Gasteiger partial charge on any atom is -0.448 e. The van der Waals surface area contributed by atoms with Crippen molar-refractivity contribution < 1.29 is 19.1 Å². The van der Waals surface area contributed by atoms with Gasteiger partial charge in [-0.1, -0.05) is 96.8 Å². The lowest BCUT2D eigenvalue weighted by Gasteiger charge is -2.50. The number of halogens is 1. The van der Waals surface area contributed by atoms with Crippen molar-refractivity contribution in [2.45, 2.75) is 48.4 Å². The Bertz CT molecular complexity index is 1510. The number of β-lactam (4-membered cyclic amide) rings is 1. The summed E-state index contributed by atoms with van der Waals surface area (Å²) in [5.74, 6) is 5.95. The van der Waals surface area contributed by atoms with Gasteiger partial charge in [-0.15, -0.1) is 23.4 Å². The highest BCUT2D eigenvalue weighted by atomic mass is 35.5. The summed E-state index contributed by atoms with van der Waals surface area (Å²) in [4.78, 5) is 29.3. The number of thioether (sulfide) groups is 1. The summed E-state index contributed by atoms with van der Waals surface area (Å²) < 4.78 is 12.0. The van der Waals surface area contributed by atoms with Gasteiger partial charge in [0, 0.05) is 25.3 Å². The molecular weight excluding hydrogens is 568 g/mol. The van der Waals surface area contributed by atoms with Gasteiger partial charge in [0.25, 0.3) is 0 Å². The third-order valence-electron chi connectivity index (χ3n) is 7.66. The van der Waals surface area contributed by atoms with Gasteiger partial charge < -0.3 is 9.47 Å². The maximum Gasteiger partial charge on any atom is 0.356 e. The highest BCUT2D eigenvalue weighted by molar-refractivity contribution is 8.00. The predicted octanol–water partition coefficient (Wildman–Crippen LogP) is 5.44. The van der Waals surface area contributed by atoms with Gasteiger partial charge in [-0.3, -0.25) is 15.0 Å². The predicted molar refractivity (Wildman–Crippen MR) is 165 cm³/mol. The molecule has 42 heavy (non-hydrogen) atoms. The van der Waals surface area contributed by atoms with Crippen molar-refractivity contribution in [1.29, 1.82) is 0 Å². The number of nitrogens with one attached hydrogen (secondary N) is 1. The number of rotatable bonds is 9. The number of hydrogen-bond acceptors (Lipinski definition) is 6. The van der Waals surface area contributed by atoms with E-state index in [-0.39, 0.29) is 28.5 Å². The molecule has 2 aromatic carbocycles. The molecule has 2 fully saturated rings. The second kappa shape index (κ2) is 13.2. The first-order valence-electron chi connectivity index (χ1n) is 14.1. The van der Waals surface area contributed by atoms with Gasteiger partial charge in [0.15, 0.2) is 0 Å². The zero-order valence-electron chi connectivity index (χ0n) is 22.9. The smallest absolute Gasteiger partial charge is 0.356 e. The van der Waals surface area contributed by atoms with Crippen LogP contribution in [0.15, 0.2) is 108 Å². The fraction of sp³-hybridized carbons (Fsp3) is 0.294. The average Bonchev–Trinajstić information content (AvgIpc) is 3.25. The molecule has 1 amide bonds. The Morgan fingerprint density at radius 1 is 1.19 bits per heavy atom. The average molecular weight is 599 g/mol. The Balaban J connectivity index is 1.29. The molecule has 3 heterocycles. The van der Waals surface area contributed by atoms with Crippen LogP contribution < -0.4 is 5.32 Å². The molecule has 1 N–H and O–H groups in total. The van der Waals surface area contributed by atoms with Crippen LogP contribution in [-0.4, -0.2) is 52.0 Å². The number of amides is 1. The zero-order valence-corrected chi connectivity index (χ0v) is 24.5. The number of alkyl halides is 1. The van der Waals surface area contributed by atoms with E-state index < -0.39 is 18.1 Å².